The van der Waals surface area contributed by atoms with Gasteiger partial charge in [0.05, 0.1) is 29.3 Å². The van der Waals surface area contributed by atoms with Crippen molar-refractivity contribution < 1.29 is 17.9 Å². The molecule has 8 nitrogen and oxygen atoms in total. The van der Waals surface area contributed by atoms with Gasteiger partial charge in [-0.2, -0.15) is 5.26 Å². The highest BCUT2D eigenvalue weighted by atomic mass is 32.2. The lowest BCUT2D eigenvalue weighted by molar-refractivity contribution is -0.117. The molecule has 0 unspecified atom stereocenters. The van der Waals surface area contributed by atoms with Crippen LogP contribution in [0.25, 0.3) is 10.4 Å². The molecule has 0 spiro atoms. The molecule has 0 atom stereocenters. The molecule has 1 aromatic heterocycles. The number of carbonyl (C=O) groups excluding carboxylic acids is 1. The van der Waals surface area contributed by atoms with Crippen molar-refractivity contribution in [1.82, 2.24) is 4.98 Å². The van der Waals surface area contributed by atoms with E-state index in [1.165, 1.54) is 61.6 Å². The topological polar surface area (TPSA) is 121 Å². The van der Waals surface area contributed by atoms with Gasteiger partial charge in [0.15, 0.2) is 5.13 Å². The van der Waals surface area contributed by atoms with E-state index in [0.717, 1.165) is 17.7 Å². The standard InChI is InChI=1S/C25H26N4O4S2/c1-16-24(34-25(27-16)28-23(30)13-17-5-3-4-6-17)19-9-12-21(33-2)22(14-19)35(31,32)29-20-10-7-18(15-26)8-11-20/h7-12,14,17,29H,3-6,13H2,1-2H3,(H,27,28,30). The third-order valence-corrected chi connectivity index (χ3v) is 8.50. The van der Waals surface area contributed by atoms with E-state index in [-0.39, 0.29) is 16.6 Å². The molecule has 1 fully saturated rings. The number of anilines is 2. The van der Waals surface area contributed by atoms with Crippen LogP contribution >= 0.6 is 11.3 Å². The number of sulfonamides is 1. The Kier molecular flexibility index (Phi) is 7.38. The van der Waals surface area contributed by atoms with Crippen molar-refractivity contribution in [3.05, 3.63) is 53.7 Å². The van der Waals surface area contributed by atoms with Crippen LogP contribution in [0.1, 0.15) is 43.4 Å². The summed E-state index contributed by atoms with van der Waals surface area (Å²) >= 11 is 1.31. The van der Waals surface area contributed by atoms with Crippen molar-refractivity contribution in [2.75, 3.05) is 17.1 Å². The van der Waals surface area contributed by atoms with Crippen LogP contribution in [-0.2, 0) is 14.8 Å². The average molecular weight is 511 g/mol. The summed E-state index contributed by atoms with van der Waals surface area (Å²) < 4.78 is 34.2. The minimum atomic E-state index is -3.99. The summed E-state index contributed by atoms with van der Waals surface area (Å²) in [5.41, 5.74) is 2.11. The number of hydrogen-bond acceptors (Lipinski definition) is 7. The molecule has 2 N–H and O–H groups in total. The Balaban J connectivity index is 1.58. The number of ether oxygens (including phenoxy) is 1. The van der Waals surface area contributed by atoms with Crippen LogP contribution in [0, 0.1) is 24.2 Å². The number of aromatic nitrogens is 1. The summed E-state index contributed by atoms with van der Waals surface area (Å²) in [6.45, 7) is 1.83. The van der Waals surface area contributed by atoms with E-state index in [2.05, 4.69) is 15.0 Å². The SMILES string of the molecule is COc1ccc(-c2sc(NC(=O)CC3CCCC3)nc2C)cc1S(=O)(=O)Nc1ccc(C#N)cc1. The Bertz CT molecular complexity index is 1370. The van der Waals surface area contributed by atoms with Gasteiger partial charge >= 0.3 is 0 Å². The van der Waals surface area contributed by atoms with Crippen molar-refractivity contribution in [3.8, 4) is 22.3 Å². The number of hydrogen-bond donors (Lipinski definition) is 2. The van der Waals surface area contributed by atoms with Crippen LogP contribution in [0.2, 0.25) is 0 Å². The summed E-state index contributed by atoms with van der Waals surface area (Å²) in [5, 5.41) is 12.3. The van der Waals surface area contributed by atoms with Crippen molar-refractivity contribution in [3.63, 3.8) is 0 Å². The predicted octanol–water partition coefficient (Wildman–Crippen LogP) is 5.32. The monoisotopic (exact) mass is 510 g/mol. The average Bonchev–Trinajstić information content (AvgIpc) is 3.48. The molecule has 2 aromatic carbocycles. The highest BCUT2D eigenvalue weighted by molar-refractivity contribution is 7.92. The summed E-state index contributed by atoms with van der Waals surface area (Å²) in [6, 6.07) is 13.0. The van der Waals surface area contributed by atoms with E-state index in [0.29, 0.717) is 40.0 Å². The van der Waals surface area contributed by atoms with Gasteiger partial charge < -0.3 is 10.1 Å². The highest BCUT2D eigenvalue weighted by Crippen LogP contribution is 2.37. The molecule has 10 heteroatoms. The fraction of sp³-hybridized carbons (Fsp3) is 0.320. The molecule has 35 heavy (non-hydrogen) atoms. The second-order valence-electron chi connectivity index (χ2n) is 8.50. The molecule has 1 aliphatic rings. The maximum Gasteiger partial charge on any atom is 0.265 e. The molecule has 1 heterocycles. The summed E-state index contributed by atoms with van der Waals surface area (Å²) in [6.07, 6.45) is 5.05. The minimum absolute atomic E-state index is 0.0264. The number of nitrogens with one attached hydrogen (secondary N) is 2. The second kappa shape index (κ2) is 10.5. The van der Waals surface area contributed by atoms with Crippen LogP contribution in [0.15, 0.2) is 47.4 Å². The molecule has 3 aromatic rings. The van der Waals surface area contributed by atoms with Gasteiger partial charge in [-0.3, -0.25) is 9.52 Å². The van der Waals surface area contributed by atoms with E-state index in [1.54, 1.807) is 12.1 Å². The first kappa shape index (κ1) is 24.7. The number of thiazole rings is 1. The van der Waals surface area contributed by atoms with Crippen molar-refractivity contribution in [1.29, 1.82) is 5.26 Å². The van der Waals surface area contributed by atoms with Crippen LogP contribution in [-0.4, -0.2) is 26.4 Å². The molecule has 0 bridgehead atoms. The van der Waals surface area contributed by atoms with Gasteiger partial charge in [-0.15, -0.1) is 0 Å². The molecule has 1 aliphatic carbocycles. The fourth-order valence-corrected chi connectivity index (χ4v) is 6.45. The molecular weight excluding hydrogens is 484 g/mol. The zero-order chi connectivity index (χ0) is 25.0. The van der Waals surface area contributed by atoms with Crippen LogP contribution in [0.3, 0.4) is 0 Å². The number of carbonyl (C=O) groups is 1. The number of amides is 1. The van der Waals surface area contributed by atoms with Gasteiger partial charge in [-0.1, -0.05) is 24.2 Å². The molecule has 0 saturated heterocycles. The summed E-state index contributed by atoms with van der Waals surface area (Å²) in [7, 11) is -2.58. The Morgan fingerprint density at radius 1 is 1.20 bits per heavy atom. The summed E-state index contributed by atoms with van der Waals surface area (Å²) in [5.74, 6) is 0.595. The number of nitriles is 1. The second-order valence-corrected chi connectivity index (χ2v) is 11.1. The molecular formula is C25H26N4O4S2. The Hall–Kier alpha value is -3.42. The summed E-state index contributed by atoms with van der Waals surface area (Å²) in [4.78, 5) is 17.7. The van der Waals surface area contributed by atoms with Crippen LogP contribution < -0.4 is 14.8 Å². The lowest BCUT2D eigenvalue weighted by Crippen LogP contribution is -2.14. The lowest BCUT2D eigenvalue weighted by Gasteiger charge is -2.13. The minimum Gasteiger partial charge on any atom is -0.495 e. The number of aryl methyl sites for hydroxylation is 1. The molecule has 182 valence electrons. The third kappa shape index (κ3) is 5.81. The smallest absolute Gasteiger partial charge is 0.265 e. The first-order chi connectivity index (χ1) is 16.8. The Morgan fingerprint density at radius 2 is 1.91 bits per heavy atom. The Labute approximate surface area is 209 Å². The van der Waals surface area contributed by atoms with Gasteiger partial charge in [0, 0.05) is 12.1 Å². The fourth-order valence-electron chi connectivity index (χ4n) is 4.22. The van der Waals surface area contributed by atoms with Gasteiger partial charge in [-0.25, -0.2) is 13.4 Å². The first-order valence-electron chi connectivity index (χ1n) is 11.3. The maximum atomic E-state index is 13.2. The largest absolute Gasteiger partial charge is 0.495 e. The van der Waals surface area contributed by atoms with Crippen LogP contribution in [0.4, 0.5) is 10.8 Å². The zero-order valence-corrected chi connectivity index (χ0v) is 21.1. The van der Waals surface area contributed by atoms with Crippen molar-refractivity contribution in [2.45, 2.75) is 43.9 Å². The number of nitrogens with zero attached hydrogens (tertiary/aromatic N) is 2. The van der Waals surface area contributed by atoms with Gasteiger partial charge in [0.25, 0.3) is 10.0 Å². The van der Waals surface area contributed by atoms with Gasteiger partial charge in [-0.05, 0) is 73.7 Å². The number of rotatable bonds is 8. The number of methoxy groups -OCH3 is 1. The van der Waals surface area contributed by atoms with E-state index in [9.17, 15) is 13.2 Å². The third-order valence-electron chi connectivity index (χ3n) is 5.97. The molecule has 0 radical (unpaired) electrons. The molecule has 4 rings (SSSR count). The Morgan fingerprint density at radius 3 is 2.57 bits per heavy atom. The normalized spacial score (nSPS) is 13.9. The highest BCUT2D eigenvalue weighted by Gasteiger charge is 2.23. The number of benzene rings is 2. The van der Waals surface area contributed by atoms with E-state index in [1.807, 2.05) is 13.0 Å². The quantitative estimate of drug-likeness (QED) is 0.423. The van der Waals surface area contributed by atoms with Crippen molar-refractivity contribution in [2.24, 2.45) is 5.92 Å². The molecule has 0 aliphatic heterocycles. The van der Waals surface area contributed by atoms with Gasteiger partial charge in [0.2, 0.25) is 5.91 Å². The maximum absolute atomic E-state index is 13.2. The van der Waals surface area contributed by atoms with Gasteiger partial charge in [0.1, 0.15) is 10.6 Å². The zero-order valence-electron chi connectivity index (χ0n) is 19.5. The predicted molar refractivity (Wildman–Crippen MR) is 136 cm³/mol. The lowest BCUT2D eigenvalue weighted by atomic mass is 10.0. The van der Waals surface area contributed by atoms with E-state index < -0.39 is 10.0 Å². The van der Waals surface area contributed by atoms with E-state index >= 15 is 0 Å². The van der Waals surface area contributed by atoms with Crippen molar-refractivity contribution >= 4 is 38.1 Å². The first-order valence-corrected chi connectivity index (χ1v) is 13.6. The molecule has 1 saturated carbocycles. The van der Waals surface area contributed by atoms with E-state index in [4.69, 9.17) is 10.00 Å². The molecule has 1 amide bonds. The van der Waals surface area contributed by atoms with Crippen LogP contribution in [0.5, 0.6) is 5.75 Å².